The van der Waals surface area contributed by atoms with Gasteiger partial charge in [0.05, 0.1) is 11.1 Å². The van der Waals surface area contributed by atoms with Gasteiger partial charge in [0, 0.05) is 23.6 Å². The first-order valence-corrected chi connectivity index (χ1v) is 8.31. The lowest BCUT2D eigenvalue weighted by atomic mass is 10.1. The smallest absolute Gasteiger partial charge is 0.254 e. The topological polar surface area (TPSA) is 80.4 Å². The quantitative estimate of drug-likeness (QED) is 0.674. The summed E-state index contributed by atoms with van der Waals surface area (Å²) in [7, 11) is 0. The highest BCUT2D eigenvalue weighted by molar-refractivity contribution is 5.94. The molecule has 0 spiro atoms. The van der Waals surface area contributed by atoms with E-state index in [-0.39, 0.29) is 12.1 Å². The van der Waals surface area contributed by atoms with Crippen LogP contribution in [0.4, 0.5) is 13.2 Å². The zero-order valence-electron chi connectivity index (χ0n) is 14.3. The van der Waals surface area contributed by atoms with Gasteiger partial charge in [-0.05, 0) is 24.3 Å². The van der Waals surface area contributed by atoms with E-state index in [0.717, 1.165) is 6.07 Å². The van der Waals surface area contributed by atoms with Crippen LogP contribution in [0.2, 0.25) is 0 Å². The van der Waals surface area contributed by atoms with E-state index < -0.39 is 34.5 Å². The monoisotopic (exact) mass is 390 g/mol. The highest BCUT2D eigenvalue weighted by Gasteiger charge is 2.19. The van der Waals surface area contributed by atoms with E-state index in [2.05, 4.69) is 10.3 Å². The van der Waals surface area contributed by atoms with Crippen LogP contribution in [0, 0.1) is 17.5 Å². The number of pyridine rings is 1. The van der Waals surface area contributed by atoms with Crippen LogP contribution in [0.1, 0.15) is 15.9 Å². The number of carbonyl (C=O) groups is 1. The first kappa shape index (κ1) is 17.9. The Morgan fingerprint density at radius 2 is 1.75 bits per heavy atom. The fraction of sp³-hybridized carbons (Fsp3) is 0.158. The zero-order chi connectivity index (χ0) is 19.8. The van der Waals surface area contributed by atoms with Crippen molar-refractivity contribution in [3.8, 4) is 11.5 Å². The summed E-state index contributed by atoms with van der Waals surface area (Å²) in [5.74, 6) is -4.64. The summed E-state index contributed by atoms with van der Waals surface area (Å²) in [6.45, 7) is 0.578. The average Bonchev–Trinajstić information content (AvgIpc) is 2.69. The van der Waals surface area contributed by atoms with Gasteiger partial charge in [-0.15, -0.1) is 0 Å². The SMILES string of the molecule is O=C(NCc1cc2cc3c(cc2[nH]c1=O)OCCO3)c1ccc(F)c(F)c1F. The van der Waals surface area contributed by atoms with Crippen LogP contribution in [0.3, 0.4) is 0 Å². The summed E-state index contributed by atoms with van der Waals surface area (Å²) in [6, 6.07) is 6.37. The van der Waals surface area contributed by atoms with Crippen molar-refractivity contribution in [2.24, 2.45) is 0 Å². The first-order chi connectivity index (χ1) is 13.4. The average molecular weight is 390 g/mol. The fourth-order valence-corrected chi connectivity index (χ4v) is 2.89. The number of ether oxygens (including phenoxy) is 2. The summed E-state index contributed by atoms with van der Waals surface area (Å²) >= 11 is 0. The van der Waals surface area contributed by atoms with Crippen LogP contribution in [0.15, 0.2) is 35.1 Å². The van der Waals surface area contributed by atoms with Crippen molar-refractivity contribution >= 4 is 16.8 Å². The molecule has 0 saturated carbocycles. The second-order valence-corrected chi connectivity index (χ2v) is 6.11. The summed E-state index contributed by atoms with van der Waals surface area (Å²) in [6.07, 6.45) is 0. The lowest BCUT2D eigenvalue weighted by Gasteiger charge is -2.18. The molecule has 28 heavy (non-hydrogen) atoms. The molecular formula is C19H13F3N2O4. The minimum atomic E-state index is -1.73. The molecule has 0 saturated heterocycles. The standard InChI is InChI=1S/C19H13F3N2O4/c20-12-2-1-11(16(21)17(12)22)19(26)23-8-10-5-9-6-14-15(28-4-3-27-14)7-13(9)24-18(10)25/h1-2,5-7H,3-4,8H2,(H,23,26)(H,24,25). The minimum absolute atomic E-state index is 0.195. The number of rotatable bonds is 3. The maximum atomic E-state index is 13.7. The van der Waals surface area contributed by atoms with Crippen LogP contribution in [-0.2, 0) is 6.54 Å². The third-order valence-electron chi connectivity index (χ3n) is 4.30. The number of aromatic nitrogens is 1. The number of nitrogens with one attached hydrogen (secondary N) is 2. The van der Waals surface area contributed by atoms with E-state index in [9.17, 15) is 22.8 Å². The highest BCUT2D eigenvalue weighted by Crippen LogP contribution is 2.33. The molecule has 2 N–H and O–H groups in total. The van der Waals surface area contributed by atoms with E-state index in [4.69, 9.17) is 9.47 Å². The number of H-pyrrole nitrogens is 1. The molecule has 3 aromatic rings. The summed E-state index contributed by atoms with van der Waals surface area (Å²) in [4.78, 5) is 27.0. The predicted molar refractivity (Wildman–Crippen MR) is 93.0 cm³/mol. The molecule has 0 bridgehead atoms. The minimum Gasteiger partial charge on any atom is -0.486 e. The van der Waals surface area contributed by atoms with E-state index in [1.165, 1.54) is 0 Å². The van der Waals surface area contributed by atoms with Crippen molar-refractivity contribution in [2.45, 2.75) is 6.54 Å². The third-order valence-corrected chi connectivity index (χ3v) is 4.30. The molecule has 9 heteroatoms. The van der Waals surface area contributed by atoms with Crippen molar-refractivity contribution in [2.75, 3.05) is 13.2 Å². The largest absolute Gasteiger partial charge is 0.486 e. The molecule has 1 aliphatic heterocycles. The number of benzene rings is 2. The third kappa shape index (κ3) is 3.15. The van der Waals surface area contributed by atoms with E-state index in [1.54, 1.807) is 18.2 Å². The van der Waals surface area contributed by atoms with Crippen LogP contribution in [0.5, 0.6) is 11.5 Å². The molecule has 2 aromatic carbocycles. The second kappa shape index (κ2) is 6.91. The first-order valence-electron chi connectivity index (χ1n) is 8.31. The molecule has 1 aromatic heterocycles. The molecule has 0 radical (unpaired) electrons. The van der Waals surface area contributed by atoms with Gasteiger partial charge < -0.3 is 19.8 Å². The Kier molecular flexibility index (Phi) is 4.42. The van der Waals surface area contributed by atoms with Crippen LogP contribution < -0.4 is 20.3 Å². The number of amides is 1. The Labute approximate surface area is 155 Å². The van der Waals surface area contributed by atoms with E-state index in [1.807, 2.05) is 0 Å². The maximum Gasteiger partial charge on any atom is 0.254 e. The summed E-state index contributed by atoms with van der Waals surface area (Å²) in [5, 5.41) is 2.97. The van der Waals surface area contributed by atoms with Gasteiger partial charge in [0.2, 0.25) is 0 Å². The Balaban J connectivity index is 1.59. The highest BCUT2D eigenvalue weighted by atomic mass is 19.2. The summed E-state index contributed by atoms with van der Waals surface area (Å²) < 4.78 is 50.9. The molecule has 1 amide bonds. The number of aromatic amines is 1. The normalized spacial score (nSPS) is 12.8. The number of halogens is 3. The van der Waals surface area contributed by atoms with E-state index in [0.29, 0.717) is 41.7 Å². The number of hydrogen-bond acceptors (Lipinski definition) is 4. The Bertz CT molecular complexity index is 1160. The van der Waals surface area contributed by atoms with E-state index >= 15 is 0 Å². The second-order valence-electron chi connectivity index (χ2n) is 6.11. The molecule has 0 aliphatic carbocycles. The van der Waals surface area contributed by atoms with Gasteiger partial charge >= 0.3 is 0 Å². The van der Waals surface area contributed by atoms with Gasteiger partial charge in [-0.3, -0.25) is 9.59 Å². The van der Waals surface area contributed by atoms with Crippen molar-refractivity contribution in [3.63, 3.8) is 0 Å². The lowest BCUT2D eigenvalue weighted by molar-refractivity contribution is 0.0945. The summed E-state index contributed by atoms with van der Waals surface area (Å²) in [5.41, 5.74) is -0.400. The Morgan fingerprint density at radius 1 is 1.04 bits per heavy atom. The lowest BCUT2D eigenvalue weighted by Crippen LogP contribution is -2.27. The molecule has 1 aliphatic rings. The van der Waals surface area contributed by atoms with Crippen LogP contribution >= 0.6 is 0 Å². The molecule has 4 rings (SSSR count). The molecule has 0 atom stereocenters. The number of hydrogen-bond donors (Lipinski definition) is 2. The molecule has 2 heterocycles. The van der Waals surface area contributed by atoms with Crippen molar-refractivity contribution in [1.82, 2.24) is 10.3 Å². The van der Waals surface area contributed by atoms with Crippen molar-refractivity contribution in [1.29, 1.82) is 0 Å². The van der Waals surface area contributed by atoms with Gasteiger partial charge in [0.1, 0.15) is 13.2 Å². The molecule has 6 nitrogen and oxygen atoms in total. The van der Waals surface area contributed by atoms with Gasteiger partial charge in [-0.1, -0.05) is 0 Å². The Morgan fingerprint density at radius 3 is 2.50 bits per heavy atom. The fourth-order valence-electron chi connectivity index (χ4n) is 2.89. The number of fused-ring (bicyclic) bond motifs is 2. The van der Waals surface area contributed by atoms with Gasteiger partial charge in [0.15, 0.2) is 29.0 Å². The number of carbonyl (C=O) groups excluding carboxylic acids is 1. The van der Waals surface area contributed by atoms with Crippen LogP contribution in [-0.4, -0.2) is 24.1 Å². The molecular weight excluding hydrogens is 377 g/mol. The van der Waals surface area contributed by atoms with Crippen LogP contribution in [0.25, 0.3) is 10.9 Å². The molecule has 0 fully saturated rings. The molecule has 0 unspecified atom stereocenters. The van der Waals surface area contributed by atoms with Gasteiger partial charge in [0.25, 0.3) is 11.5 Å². The molecule has 144 valence electrons. The van der Waals surface area contributed by atoms with Gasteiger partial charge in [-0.2, -0.15) is 0 Å². The Hall–Kier alpha value is -3.49. The predicted octanol–water partition coefficient (Wildman–Crippen LogP) is 2.65. The van der Waals surface area contributed by atoms with Crippen molar-refractivity contribution in [3.05, 3.63) is 69.3 Å². The maximum absolute atomic E-state index is 13.7. The van der Waals surface area contributed by atoms with Gasteiger partial charge in [-0.25, -0.2) is 13.2 Å². The van der Waals surface area contributed by atoms with Crippen molar-refractivity contribution < 1.29 is 27.4 Å². The zero-order valence-corrected chi connectivity index (χ0v) is 14.3.